The molecule has 1 heterocycles. The molecule has 0 spiro atoms. The summed E-state index contributed by atoms with van der Waals surface area (Å²) < 4.78 is 6.01. The van der Waals surface area contributed by atoms with Gasteiger partial charge in [0.25, 0.3) is 0 Å². The van der Waals surface area contributed by atoms with Gasteiger partial charge in [-0.05, 0) is 42.0 Å². The van der Waals surface area contributed by atoms with E-state index in [1.54, 1.807) is 0 Å². The molecule has 1 aliphatic carbocycles. The molecular weight excluding hydrogens is 294 g/mol. The monoisotopic (exact) mass is 317 g/mol. The van der Waals surface area contributed by atoms with Crippen molar-refractivity contribution in [1.82, 2.24) is 0 Å². The van der Waals surface area contributed by atoms with Crippen molar-refractivity contribution in [2.24, 2.45) is 5.92 Å². The first kappa shape index (κ1) is 15.1. The Hall–Kier alpha value is -2.48. The molecule has 1 aliphatic heterocycles. The fourth-order valence-corrected chi connectivity index (χ4v) is 3.90. The third-order valence-corrected chi connectivity index (χ3v) is 4.99. The van der Waals surface area contributed by atoms with Crippen LogP contribution in [0.15, 0.2) is 72.8 Å². The fraction of sp³-hybridized carbons (Fsp3) is 0.273. The van der Waals surface area contributed by atoms with Crippen molar-refractivity contribution >= 4 is 5.69 Å². The third kappa shape index (κ3) is 2.62. The minimum atomic E-state index is 0.313. The van der Waals surface area contributed by atoms with Gasteiger partial charge in [-0.1, -0.05) is 61.2 Å². The number of benzene rings is 2. The van der Waals surface area contributed by atoms with Gasteiger partial charge in [0.05, 0.1) is 11.7 Å². The van der Waals surface area contributed by atoms with Crippen LogP contribution in [0.3, 0.4) is 0 Å². The summed E-state index contributed by atoms with van der Waals surface area (Å²) in [5, 5.41) is 3.78. The maximum Gasteiger partial charge on any atom is 0.143 e. The van der Waals surface area contributed by atoms with Crippen LogP contribution in [0, 0.1) is 5.92 Å². The SMILES string of the molecule is C=C(C)COc1cccc2c1NC(c1ccccc1)C1CC=CC21. The molecule has 2 heteroatoms. The van der Waals surface area contributed by atoms with E-state index in [-0.39, 0.29) is 0 Å². The molecule has 1 N–H and O–H groups in total. The van der Waals surface area contributed by atoms with Crippen LogP contribution < -0.4 is 10.1 Å². The highest BCUT2D eigenvalue weighted by Crippen LogP contribution is 2.52. The van der Waals surface area contributed by atoms with E-state index in [0.717, 1.165) is 23.4 Å². The highest BCUT2D eigenvalue weighted by atomic mass is 16.5. The number of anilines is 1. The number of hydrogen-bond donors (Lipinski definition) is 1. The lowest BCUT2D eigenvalue weighted by Crippen LogP contribution is -2.29. The van der Waals surface area contributed by atoms with Gasteiger partial charge < -0.3 is 10.1 Å². The molecule has 3 atom stereocenters. The highest BCUT2D eigenvalue weighted by Gasteiger charge is 2.38. The van der Waals surface area contributed by atoms with E-state index in [1.807, 2.05) is 6.92 Å². The van der Waals surface area contributed by atoms with Gasteiger partial charge in [0.2, 0.25) is 0 Å². The van der Waals surface area contributed by atoms with Crippen LogP contribution in [-0.4, -0.2) is 6.61 Å². The van der Waals surface area contributed by atoms with Crippen molar-refractivity contribution in [2.45, 2.75) is 25.3 Å². The molecule has 0 bridgehead atoms. The summed E-state index contributed by atoms with van der Waals surface area (Å²) in [4.78, 5) is 0. The van der Waals surface area contributed by atoms with Gasteiger partial charge in [-0.2, -0.15) is 0 Å². The molecule has 122 valence electrons. The second-order valence-electron chi connectivity index (χ2n) is 6.85. The predicted molar refractivity (Wildman–Crippen MR) is 99.5 cm³/mol. The van der Waals surface area contributed by atoms with Crippen LogP contribution >= 0.6 is 0 Å². The summed E-state index contributed by atoms with van der Waals surface area (Å²) >= 11 is 0. The Kier molecular flexibility index (Phi) is 3.89. The van der Waals surface area contributed by atoms with Crippen LogP contribution in [-0.2, 0) is 0 Å². The Morgan fingerprint density at radius 3 is 2.79 bits per heavy atom. The Morgan fingerprint density at radius 1 is 1.17 bits per heavy atom. The quantitative estimate of drug-likeness (QED) is 0.755. The van der Waals surface area contributed by atoms with E-state index < -0.39 is 0 Å². The number of allylic oxidation sites excluding steroid dienone is 2. The molecule has 2 aromatic carbocycles. The lowest BCUT2D eigenvalue weighted by molar-refractivity contribution is 0.348. The van der Waals surface area contributed by atoms with E-state index in [1.165, 1.54) is 11.1 Å². The van der Waals surface area contributed by atoms with Gasteiger partial charge >= 0.3 is 0 Å². The Labute approximate surface area is 143 Å². The topological polar surface area (TPSA) is 21.3 Å². The van der Waals surface area contributed by atoms with Gasteiger partial charge in [0.15, 0.2) is 0 Å². The summed E-state index contributed by atoms with van der Waals surface area (Å²) in [6, 6.07) is 17.4. The lowest BCUT2D eigenvalue weighted by atomic mass is 9.77. The second-order valence-corrected chi connectivity index (χ2v) is 6.85. The van der Waals surface area contributed by atoms with Crippen LogP contribution in [0.4, 0.5) is 5.69 Å². The Bertz CT molecular complexity index is 778. The first-order valence-corrected chi connectivity index (χ1v) is 8.62. The van der Waals surface area contributed by atoms with Gasteiger partial charge in [-0.3, -0.25) is 0 Å². The maximum atomic E-state index is 6.01. The summed E-state index contributed by atoms with van der Waals surface area (Å²) in [6.07, 6.45) is 5.81. The number of ether oxygens (including phenoxy) is 1. The number of rotatable bonds is 4. The minimum Gasteiger partial charge on any atom is -0.487 e. The zero-order chi connectivity index (χ0) is 16.5. The van der Waals surface area contributed by atoms with Gasteiger partial charge in [0, 0.05) is 5.92 Å². The summed E-state index contributed by atoms with van der Waals surface area (Å²) in [6.45, 7) is 6.49. The van der Waals surface area contributed by atoms with Crippen molar-refractivity contribution in [3.63, 3.8) is 0 Å². The zero-order valence-electron chi connectivity index (χ0n) is 14.0. The first-order chi connectivity index (χ1) is 11.7. The van der Waals surface area contributed by atoms with Crippen LogP contribution in [0.25, 0.3) is 0 Å². The third-order valence-electron chi connectivity index (χ3n) is 4.99. The molecule has 24 heavy (non-hydrogen) atoms. The van der Waals surface area contributed by atoms with Crippen molar-refractivity contribution in [3.8, 4) is 5.75 Å². The summed E-state index contributed by atoms with van der Waals surface area (Å²) in [7, 11) is 0. The lowest BCUT2D eigenvalue weighted by Gasteiger charge is -2.38. The maximum absolute atomic E-state index is 6.01. The minimum absolute atomic E-state index is 0.313. The first-order valence-electron chi connectivity index (χ1n) is 8.62. The van der Waals surface area contributed by atoms with Crippen LogP contribution in [0.2, 0.25) is 0 Å². The molecule has 2 aliphatic rings. The van der Waals surface area contributed by atoms with E-state index in [4.69, 9.17) is 4.74 Å². The molecule has 0 fully saturated rings. The second kappa shape index (κ2) is 6.20. The van der Waals surface area contributed by atoms with Crippen molar-refractivity contribution in [1.29, 1.82) is 0 Å². The largest absolute Gasteiger partial charge is 0.487 e. The molecule has 0 amide bonds. The number of hydrogen-bond acceptors (Lipinski definition) is 2. The molecule has 3 unspecified atom stereocenters. The van der Waals surface area contributed by atoms with Crippen molar-refractivity contribution in [3.05, 3.63) is 84.0 Å². The molecule has 2 nitrogen and oxygen atoms in total. The normalized spacial score (nSPS) is 24.0. The molecule has 0 radical (unpaired) electrons. The van der Waals surface area contributed by atoms with Gasteiger partial charge in [-0.15, -0.1) is 0 Å². The smallest absolute Gasteiger partial charge is 0.143 e. The Balaban J connectivity index is 1.74. The Morgan fingerprint density at radius 2 is 2.00 bits per heavy atom. The van der Waals surface area contributed by atoms with Gasteiger partial charge in [0.1, 0.15) is 12.4 Å². The van der Waals surface area contributed by atoms with E-state index in [2.05, 4.69) is 72.6 Å². The van der Waals surface area contributed by atoms with E-state index >= 15 is 0 Å². The molecule has 0 aromatic heterocycles. The van der Waals surface area contributed by atoms with Crippen LogP contribution in [0.5, 0.6) is 5.75 Å². The van der Waals surface area contributed by atoms with Crippen LogP contribution in [0.1, 0.15) is 36.4 Å². The summed E-state index contributed by atoms with van der Waals surface area (Å²) in [5.41, 5.74) is 4.86. The number of nitrogens with one attached hydrogen (secondary N) is 1. The van der Waals surface area contributed by atoms with Crippen molar-refractivity contribution in [2.75, 3.05) is 11.9 Å². The molecular formula is C22H23NO. The number of para-hydroxylation sites is 1. The average molecular weight is 317 g/mol. The zero-order valence-corrected chi connectivity index (χ0v) is 14.0. The standard InChI is InChI=1S/C22H23NO/c1-15(2)14-24-20-13-7-12-19-17-10-6-11-18(17)21(23-22(19)20)16-8-4-3-5-9-16/h3-10,12-13,17-18,21,23H,1,11,14H2,2H3. The molecule has 0 saturated heterocycles. The highest BCUT2D eigenvalue weighted by molar-refractivity contribution is 5.67. The predicted octanol–water partition coefficient (Wildman–Crippen LogP) is 5.47. The molecule has 4 rings (SSSR count). The fourth-order valence-electron chi connectivity index (χ4n) is 3.90. The van der Waals surface area contributed by atoms with E-state index in [9.17, 15) is 0 Å². The summed E-state index contributed by atoms with van der Waals surface area (Å²) in [5.74, 6) is 1.95. The molecule has 0 saturated carbocycles. The van der Waals surface area contributed by atoms with E-state index in [0.29, 0.717) is 24.5 Å². The average Bonchev–Trinajstić information content (AvgIpc) is 3.10. The molecule has 2 aromatic rings. The van der Waals surface area contributed by atoms with Gasteiger partial charge in [-0.25, -0.2) is 0 Å². The number of fused-ring (bicyclic) bond motifs is 3. The van der Waals surface area contributed by atoms with Crippen molar-refractivity contribution < 1.29 is 4.74 Å².